The molecule has 0 saturated carbocycles. The van der Waals surface area contributed by atoms with Crippen LogP contribution >= 0.6 is 0 Å². The van der Waals surface area contributed by atoms with Gasteiger partial charge in [0, 0.05) is 19.4 Å². The number of amides is 1. The van der Waals surface area contributed by atoms with Crippen molar-refractivity contribution in [3.8, 4) is 0 Å². The second-order valence-corrected chi connectivity index (χ2v) is 2.51. The number of hydrogen-bond acceptors (Lipinski definition) is 3. The zero-order valence-corrected chi connectivity index (χ0v) is 6.00. The van der Waals surface area contributed by atoms with Crippen LogP contribution in [0.5, 0.6) is 0 Å². The maximum atomic E-state index is 11.0. The molecule has 0 aliphatic carbocycles. The summed E-state index contributed by atoms with van der Waals surface area (Å²) >= 11 is 0. The molecule has 1 unspecified atom stereocenters. The first kappa shape index (κ1) is 7.91. The van der Waals surface area contributed by atoms with E-state index in [9.17, 15) is 14.4 Å². The van der Waals surface area contributed by atoms with Crippen molar-refractivity contribution in [1.82, 2.24) is 5.32 Å². The number of rotatable bonds is 1. The van der Waals surface area contributed by atoms with Crippen LogP contribution < -0.4 is 5.32 Å². The molecule has 1 heterocycles. The van der Waals surface area contributed by atoms with Crippen molar-refractivity contribution in [2.75, 3.05) is 6.54 Å². The van der Waals surface area contributed by atoms with Crippen LogP contribution in [0.25, 0.3) is 0 Å². The number of carbonyl (C=O) groups is 3. The molecule has 0 radical (unpaired) electrons. The summed E-state index contributed by atoms with van der Waals surface area (Å²) in [6, 6.07) is 0. The van der Waals surface area contributed by atoms with Crippen LogP contribution in [0.4, 0.5) is 0 Å². The molecule has 1 atom stereocenters. The standard InChI is InChI=1S/C7H9NO3/c9-4-5-3-8-7(11)2-1-6(5)10/h4-5H,1-3H2,(H,8,11). The maximum Gasteiger partial charge on any atom is 0.220 e. The van der Waals surface area contributed by atoms with E-state index in [1.165, 1.54) is 0 Å². The van der Waals surface area contributed by atoms with Crippen LogP contribution in [0.3, 0.4) is 0 Å². The molecule has 0 spiro atoms. The zero-order valence-electron chi connectivity index (χ0n) is 6.00. The van der Waals surface area contributed by atoms with Gasteiger partial charge in [0.1, 0.15) is 12.1 Å². The van der Waals surface area contributed by atoms with Crippen LogP contribution in [0.1, 0.15) is 12.8 Å². The third kappa shape index (κ3) is 1.86. The molecule has 4 heteroatoms. The van der Waals surface area contributed by atoms with E-state index in [0.717, 1.165) is 0 Å². The minimum atomic E-state index is -0.624. The van der Waals surface area contributed by atoms with Crippen molar-refractivity contribution in [3.63, 3.8) is 0 Å². The highest BCUT2D eigenvalue weighted by atomic mass is 16.2. The van der Waals surface area contributed by atoms with Gasteiger partial charge in [0.25, 0.3) is 0 Å². The van der Waals surface area contributed by atoms with Crippen molar-refractivity contribution >= 4 is 18.0 Å². The molecule has 0 bridgehead atoms. The topological polar surface area (TPSA) is 63.2 Å². The molecule has 11 heavy (non-hydrogen) atoms. The lowest BCUT2D eigenvalue weighted by molar-refractivity contribution is -0.127. The molecular weight excluding hydrogens is 146 g/mol. The summed E-state index contributed by atoms with van der Waals surface area (Å²) in [5, 5.41) is 2.48. The number of Topliss-reactive ketones (excluding diaryl/α,β-unsaturated/α-hetero) is 1. The molecule has 1 rings (SSSR count). The Kier molecular flexibility index (Phi) is 2.36. The Hall–Kier alpha value is -1.19. The van der Waals surface area contributed by atoms with Crippen LogP contribution in [-0.4, -0.2) is 24.5 Å². The van der Waals surface area contributed by atoms with Crippen molar-refractivity contribution in [2.24, 2.45) is 5.92 Å². The Morgan fingerprint density at radius 1 is 1.36 bits per heavy atom. The maximum absolute atomic E-state index is 11.0. The highest BCUT2D eigenvalue weighted by Gasteiger charge is 2.22. The monoisotopic (exact) mass is 155 g/mol. The molecule has 0 aromatic heterocycles. The third-order valence-corrected chi connectivity index (χ3v) is 1.70. The predicted molar refractivity (Wildman–Crippen MR) is 36.8 cm³/mol. The Bertz CT molecular complexity index is 200. The van der Waals surface area contributed by atoms with Gasteiger partial charge in [0.15, 0.2) is 0 Å². The molecular formula is C7H9NO3. The van der Waals surface area contributed by atoms with Gasteiger partial charge >= 0.3 is 0 Å². The normalized spacial score (nSPS) is 25.6. The second kappa shape index (κ2) is 3.27. The van der Waals surface area contributed by atoms with Gasteiger partial charge in [-0.15, -0.1) is 0 Å². The highest BCUT2D eigenvalue weighted by molar-refractivity contribution is 5.97. The van der Waals surface area contributed by atoms with Gasteiger partial charge in [0.2, 0.25) is 5.91 Å². The van der Waals surface area contributed by atoms with Gasteiger partial charge in [-0.25, -0.2) is 0 Å². The molecule has 1 amide bonds. The smallest absolute Gasteiger partial charge is 0.220 e. The fourth-order valence-electron chi connectivity index (χ4n) is 0.972. The Morgan fingerprint density at radius 2 is 2.09 bits per heavy atom. The fraction of sp³-hybridized carbons (Fsp3) is 0.571. The summed E-state index contributed by atoms with van der Waals surface area (Å²) in [4.78, 5) is 31.9. The summed E-state index contributed by atoms with van der Waals surface area (Å²) in [5.41, 5.74) is 0. The number of hydrogen-bond donors (Lipinski definition) is 1. The van der Waals surface area contributed by atoms with E-state index >= 15 is 0 Å². The average molecular weight is 155 g/mol. The molecule has 0 aromatic rings. The lowest BCUT2D eigenvalue weighted by Crippen LogP contribution is -2.28. The largest absolute Gasteiger partial charge is 0.355 e. The quantitative estimate of drug-likeness (QED) is 0.401. The first-order valence-electron chi connectivity index (χ1n) is 3.48. The molecule has 1 aliphatic heterocycles. The van der Waals surface area contributed by atoms with E-state index in [-0.39, 0.29) is 31.1 Å². The summed E-state index contributed by atoms with van der Waals surface area (Å²) in [6.45, 7) is 0.168. The number of nitrogens with one attached hydrogen (secondary N) is 1. The molecule has 1 N–H and O–H groups in total. The average Bonchev–Trinajstić information content (AvgIpc) is 2.15. The number of carbonyl (C=O) groups excluding carboxylic acids is 3. The van der Waals surface area contributed by atoms with Gasteiger partial charge in [-0.2, -0.15) is 0 Å². The molecule has 0 aromatic carbocycles. The molecule has 4 nitrogen and oxygen atoms in total. The van der Waals surface area contributed by atoms with E-state index in [1.807, 2.05) is 0 Å². The zero-order chi connectivity index (χ0) is 8.27. The van der Waals surface area contributed by atoms with Gasteiger partial charge in [0.05, 0.1) is 5.92 Å². The third-order valence-electron chi connectivity index (χ3n) is 1.70. The number of ketones is 1. The summed E-state index contributed by atoms with van der Waals surface area (Å²) < 4.78 is 0. The highest BCUT2D eigenvalue weighted by Crippen LogP contribution is 2.04. The summed E-state index contributed by atoms with van der Waals surface area (Å²) in [5.74, 6) is -0.914. The Labute approximate surface area is 64.0 Å². The van der Waals surface area contributed by atoms with Gasteiger partial charge in [-0.05, 0) is 0 Å². The van der Waals surface area contributed by atoms with E-state index in [0.29, 0.717) is 6.29 Å². The SMILES string of the molecule is O=CC1CNC(=O)CCC1=O. The van der Waals surface area contributed by atoms with Crippen molar-refractivity contribution in [2.45, 2.75) is 12.8 Å². The van der Waals surface area contributed by atoms with Crippen LogP contribution in [-0.2, 0) is 14.4 Å². The molecule has 1 fully saturated rings. The van der Waals surface area contributed by atoms with Crippen LogP contribution in [0, 0.1) is 5.92 Å². The Morgan fingerprint density at radius 3 is 2.73 bits per heavy atom. The Balaban J connectivity index is 2.62. The predicted octanol–water partition coefficient (Wildman–Crippen LogP) is -0.719. The first-order valence-corrected chi connectivity index (χ1v) is 3.48. The molecule has 1 saturated heterocycles. The van der Waals surface area contributed by atoms with Crippen molar-refractivity contribution < 1.29 is 14.4 Å². The van der Waals surface area contributed by atoms with Gasteiger partial charge in [-0.1, -0.05) is 0 Å². The summed E-state index contributed by atoms with van der Waals surface area (Å²) in [6.07, 6.45) is 0.992. The van der Waals surface area contributed by atoms with Crippen LogP contribution in [0.15, 0.2) is 0 Å². The van der Waals surface area contributed by atoms with E-state index in [1.54, 1.807) is 0 Å². The number of aldehydes is 1. The van der Waals surface area contributed by atoms with E-state index in [4.69, 9.17) is 0 Å². The first-order chi connectivity index (χ1) is 5.24. The molecule has 1 aliphatic rings. The van der Waals surface area contributed by atoms with Gasteiger partial charge in [-0.3, -0.25) is 9.59 Å². The minimum Gasteiger partial charge on any atom is -0.355 e. The van der Waals surface area contributed by atoms with Crippen molar-refractivity contribution in [3.05, 3.63) is 0 Å². The lowest BCUT2D eigenvalue weighted by Gasteiger charge is -2.02. The lowest BCUT2D eigenvalue weighted by atomic mass is 10.0. The van der Waals surface area contributed by atoms with E-state index in [2.05, 4.69) is 5.32 Å². The molecule has 60 valence electrons. The van der Waals surface area contributed by atoms with Gasteiger partial charge < -0.3 is 10.1 Å². The minimum absolute atomic E-state index is 0.140. The fourth-order valence-corrected chi connectivity index (χ4v) is 0.972. The van der Waals surface area contributed by atoms with E-state index < -0.39 is 5.92 Å². The summed E-state index contributed by atoms with van der Waals surface area (Å²) in [7, 11) is 0. The van der Waals surface area contributed by atoms with Crippen LogP contribution in [0.2, 0.25) is 0 Å². The second-order valence-electron chi connectivity index (χ2n) is 2.51. The van der Waals surface area contributed by atoms with Crippen molar-refractivity contribution in [1.29, 1.82) is 0 Å².